The first-order valence-electron chi connectivity index (χ1n) is 7.90. The van der Waals surface area contributed by atoms with Gasteiger partial charge in [0.1, 0.15) is 0 Å². The molecule has 1 heteroatoms. The maximum atomic E-state index is 3.73. The van der Waals surface area contributed by atoms with Crippen LogP contribution in [0.15, 0.2) is 0 Å². The molecule has 1 atom stereocenters. The van der Waals surface area contributed by atoms with Crippen molar-refractivity contribution in [2.45, 2.75) is 78.2 Å². The zero-order valence-corrected chi connectivity index (χ0v) is 12.1. The topological polar surface area (TPSA) is 12.0 Å². The largest absolute Gasteiger partial charge is 0.314 e. The standard InChI is InChI=1S/C16H31N/c1-4-17-15(13(2)3)14-7-11-16(12-8-14)9-5-6-10-16/h13-15,17H,4-12H2,1-3H3. The van der Waals surface area contributed by atoms with Gasteiger partial charge in [-0.3, -0.25) is 0 Å². The smallest absolute Gasteiger partial charge is 0.0118 e. The van der Waals surface area contributed by atoms with Crippen LogP contribution in [0.4, 0.5) is 0 Å². The van der Waals surface area contributed by atoms with E-state index in [9.17, 15) is 0 Å². The lowest BCUT2D eigenvalue weighted by atomic mass is 9.67. The normalized spacial score (nSPS) is 26.8. The van der Waals surface area contributed by atoms with Crippen molar-refractivity contribution in [3.05, 3.63) is 0 Å². The van der Waals surface area contributed by atoms with E-state index in [4.69, 9.17) is 0 Å². The predicted octanol–water partition coefficient (Wildman–Crippen LogP) is 4.37. The molecule has 2 saturated carbocycles. The molecular weight excluding hydrogens is 206 g/mol. The summed E-state index contributed by atoms with van der Waals surface area (Å²) in [5.74, 6) is 1.73. The fourth-order valence-electron chi connectivity index (χ4n) is 4.42. The summed E-state index contributed by atoms with van der Waals surface area (Å²) in [5, 5.41) is 3.73. The first-order chi connectivity index (χ1) is 8.17. The Bertz CT molecular complexity index is 218. The summed E-state index contributed by atoms with van der Waals surface area (Å²) in [4.78, 5) is 0. The zero-order valence-electron chi connectivity index (χ0n) is 12.1. The van der Waals surface area contributed by atoms with E-state index in [0.717, 1.165) is 29.8 Å². The maximum Gasteiger partial charge on any atom is 0.0118 e. The quantitative estimate of drug-likeness (QED) is 0.765. The Morgan fingerprint density at radius 1 is 1.06 bits per heavy atom. The van der Waals surface area contributed by atoms with E-state index in [-0.39, 0.29) is 0 Å². The van der Waals surface area contributed by atoms with Crippen molar-refractivity contribution in [3.8, 4) is 0 Å². The van der Waals surface area contributed by atoms with E-state index in [1.807, 2.05) is 0 Å². The SMILES string of the molecule is CCNC(C(C)C)C1CCC2(CCCC2)CC1. The highest BCUT2D eigenvalue weighted by atomic mass is 14.9. The minimum atomic E-state index is 0.763. The molecule has 2 fully saturated rings. The van der Waals surface area contributed by atoms with Crippen LogP contribution in [0.5, 0.6) is 0 Å². The average Bonchev–Trinajstić information content (AvgIpc) is 2.76. The summed E-state index contributed by atoms with van der Waals surface area (Å²) in [6, 6.07) is 0.763. The van der Waals surface area contributed by atoms with Gasteiger partial charge >= 0.3 is 0 Å². The van der Waals surface area contributed by atoms with E-state index in [1.165, 1.54) is 51.4 Å². The monoisotopic (exact) mass is 237 g/mol. The van der Waals surface area contributed by atoms with Gasteiger partial charge in [-0.25, -0.2) is 0 Å². The predicted molar refractivity (Wildman–Crippen MR) is 75.2 cm³/mol. The van der Waals surface area contributed by atoms with Gasteiger partial charge in [0.25, 0.3) is 0 Å². The molecule has 1 spiro atoms. The summed E-state index contributed by atoms with van der Waals surface area (Å²) in [7, 11) is 0. The summed E-state index contributed by atoms with van der Waals surface area (Å²) >= 11 is 0. The third kappa shape index (κ3) is 3.05. The number of rotatable bonds is 4. The molecule has 100 valence electrons. The molecule has 2 rings (SSSR count). The van der Waals surface area contributed by atoms with Crippen molar-refractivity contribution in [1.29, 1.82) is 0 Å². The van der Waals surface area contributed by atoms with Crippen LogP contribution in [0.2, 0.25) is 0 Å². The van der Waals surface area contributed by atoms with Crippen LogP contribution in [0, 0.1) is 17.3 Å². The fraction of sp³-hybridized carbons (Fsp3) is 1.00. The lowest BCUT2D eigenvalue weighted by Gasteiger charge is -2.41. The van der Waals surface area contributed by atoms with Gasteiger partial charge in [-0.05, 0) is 62.3 Å². The van der Waals surface area contributed by atoms with Crippen LogP contribution < -0.4 is 5.32 Å². The molecule has 0 saturated heterocycles. The Morgan fingerprint density at radius 2 is 1.65 bits per heavy atom. The molecule has 0 aromatic carbocycles. The second-order valence-corrected chi connectivity index (χ2v) is 6.87. The molecular formula is C16H31N. The number of hydrogen-bond acceptors (Lipinski definition) is 1. The average molecular weight is 237 g/mol. The van der Waals surface area contributed by atoms with Crippen molar-refractivity contribution in [3.63, 3.8) is 0 Å². The van der Waals surface area contributed by atoms with Gasteiger partial charge in [0.2, 0.25) is 0 Å². The van der Waals surface area contributed by atoms with Crippen molar-refractivity contribution in [2.75, 3.05) is 6.54 Å². The summed E-state index contributed by atoms with van der Waals surface area (Å²) in [5.41, 5.74) is 0.796. The Balaban J connectivity index is 1.88. The lowest BCUT2D eigenvalue weighted by Crippen LogP contribution is -2.43. The number of nitrogens with one attached hydrogen (secondary N) is 1. The first-order valence-corrected chi connectivity index (χ1v) is 7.90. The molecule has 17 heavy (non-hydrogen) atoms. The first kappa shape index (κ1) is 13.4. The van der Waals surface area contributed by atoms with Crippen LogP contribution in [0.3, 0.4) is 0 Å². The van der Waals surface area contributed by atoms with E-state index in [1.54, 1.807) is 0 Å². The molecule has 2 aliphatic rings. The van der Waals surface area contributed by atoms with Gasteiger partial charge in [0.05, 0.1) is 0 Å². The Morgan fingerprint density at radius 3 is 2.12 bits per heavy atom. The highest BCUT2D eigenvalue weighted by molar-refractivity contribution is 4.92. The van der Waals surface area contributed by atoms with Gasteiger partial charge in [-0.2, -0.15) is 0 Å². The third-order valence-electron chi connectivity index (χ3n) is 5.42. The maximum absolute atomic E-state index is 3.73. The molecule has 0 aromatic heterocycles. The van der Waals surface area contributed by atoms with Crippen molar-refractivity contribution in [2.24, 2.45) is 17.3 Å². The fourth-order valence-corrected chi connectivity index (χ4v) is 4.42. The molecule has 0 aromatic rings. The minimum Gasteiger partial charge on any atom is -0.314 e. The van der Waals surface area contributed by atoms with Crippen molar-refractivity contribution >= 4 is 0 Å². The van der Waals surface area contributed by atoms with Crippen molar-refractivity contribution in [1.82, 2.24) is 5.32 Å². The molecule has 1 unspecified atom stereocenters. The molecule has 2 aliphatic carbocycles. The second kappa shape index (κ2) is 5.73. The minimum absolute atomic E-state index is 0.763. The van der Waals surface area contributed by atoms with Gasteiger partial charge in [-0.1, -0.05) is 33.6 Å². The molecule has 0 amide bonds. The van der Waals surface area contributed by atoms with Crippen LogP contribution in [-0.4, -0.2) is 12.6 Å². The van der Waals surface area contributed by atoms with Gasteiger partial charge in [-0.15, -0.1) is 0 Å². The lowest BCUT2D eigenvalue weighted by molar-refractivity contribution is 0.120. The zero-order chi connectivity index (χ0) is 12.3. The Hall–Kier alpha value is -0.0400. The van der Waals surface area contributed by atoms with Crippen LogP contribution in [-0.2, 0) is 0 Å². The molecule has 0 aliphatic heterocycles. The molecule has 0 heterocycles. The summed E-state index contributed by atoms with van der Waals surface area (Å²) < 4.78 is 0. The van der Waals surface area contributed by atoms with E-state index < -0.39 is 0 Å². The summed E-state index contributed by atoms with van der Waals surface area (Å²) in [6.07, 6.45) is 12.1. The van der Waals surface area contributed by atoms with E-state index in [0.29, 0.717) is 0 Å². The third-order valence-corrected chi connectivity index (χ3v) is 5.42. The van der Waals surface area contributed by atoms with E-state index >= 15 is 0 Å². The highest BCUT2D eigenvalue weighted by Crippen LogP contribution is 2.51. The Kier molecular flexibility index (Phi) is 4.52. The van der Waals surface area contributed by atoms with Crippen molar-refractivity contribution < 1.29 is 0 Å². The van der Waals surface area contributed by atoms with Crippen LogP contribution in [0.25, 0.3) is 0 Å². The molecule has 1 nitrogen and oxygen atoms in total. The Labute approximate surface area is 108 Å². The molecule has 1 N–H and O–H groups in total. The van der Waals surface area contributed by atoms with Gasteiger partial charge in [0.15, 0.2) is 0 Å². The highest BCUT2D eigenvalue weighted by Gasteiger charge is 2.39. The molecule has 0 bridgehead atoms. The second-order valence-electron chi connectivity index (χ2n) is 6.87. The van der Waals surface area contributed by atoms with Gasteiger partial charge in [0, 0.05) is 6.04 Å². The molecule has 0 radical (unpaired) electrons. The van der Waals surface area contributed by atoms with Crippen LogP contribution in [0.1, 0.15) is 72.1 Å². The number of hydrogen-bond donors (Lipinski definition) is 1. The van der Waals surface area contributed by atoms with Gasteiger partial charge < -0.3 is 5.32 Å². The van der Waals surface area contributed by atoms with E-state index in [2.05, 4.69) is 26.1 Å². The van der Waals surface area contributed by atoms with Crippen LogP contribution >= 0.6 is 0 Å². The summed E-state index contributed by atoms with van der Waals surface area (Å²) in [6.45, 7) is 8.14.